The molecule has 1 atom stereocenters. The van der Waals surface area contributed by atoms with Crippen LogP contribution in [-0.2, 0) is 9.53 Å². The highest BCUT2D eigenvalue weighted by Crippen LogP contribution is 2.38. The van der Waals surface area contributed by atoms with E-state index in [0.717, 1.165) is 34.0 Å². The Morgan fingerprint density at radius 1 is 1.10 bits per heavy atom. The molecular formula is C24H23ClN4O2. The lowest BCUT2D eigenvalue weighted by Gasteiger charge is -2.28. The molecule has 5 rings (SSSR count). The molecule has 31 heavy (non-hydrogen) atoms. The molecule has 3 heterocycles. The zero-order chi connectivity index (χ0) is 21.4. The van der Waals surface area contributed by atoms with E-state index in [0.29, 0.717) is 37.7 Å². The molecule has 2 aromatic carbocycles. The second-order valence-electron chi connectivity index (χ2n) is 7.85. The highest BCUT2D eigenvalue weighted by molar-refractivity contribution is 6.30. The number of hydrogen-bond acceptors (Lipinski definition) is 4. The maximum absolute atomic E-state index is 13.1. The summed E-state index contributed by atoms with van der Waals surface area (Å²) in [4.78, 5) is 15.0. The summed E-state index contributed by atoms with van der Waals surface area (Å²) in [5.41, 5.74) is 4.21. The molecular weight excluding hydrogens is 412 g/mol. The number of nitrogens with zero attached hydrogens (tertiary/aromatic N) is 4. The Kier molecular flexibility index (Phi) is 5.34. The van der Waals surface area contributed by atoms with Crippen molar-refractivity contribution in [3.8, 4) is 5.69 Å². The minimum Gasteiger partial charge on any atom is -0.378 e. The number of halogens is 1. The van der Waals surface area contributed by atoms with Crippen molar-refractivity contribution in [1.29, 1.82) is 0 Å². The Hall–Kier alpha value is -2.96. The van der Waals surface area contributed by atoms with Gasteiger partial charge in [0.05, 0.1) is 18.9 Å². The van der Waals surface area contributed by atoms with Crippen molar-refractivity contribution in [2.45, 2.75) is 19.3 Å². The largest absolute Gasteiger partial charge is 0.378 e. The first-order valence-electron chi connectivity index (χ1n) is 10.5. The van der Waals surface area contributed by atoms with E-state index >= 15 is 0 Å². The van der Waals surface area contributed by atoms with E-state index in [1.807, 2.05) is 48.2 Å². The third-order valence-electron chi connectivity index (χ3n) is 5.90. The number of fused-ring (bicyclic) bond motifs is 3. The fourth-order valence-corrected chi connectivity index (χ4v) is 4.47. The van der Waals surface area contributed by atoms with Crippen LogP contribution in [-0.4, -0.2) is 51.9 Å². The Bertz CT molecular complexity index is 1150. The van der Waals surface area contributed by atoms with Gasteiger partial charge in [0.1, 0.15) is 11.6 Å². The van der Waals surface area contributed by atoms with Crippen LogP contribution in [0.4, 0.5) is 0 Å². The number of carbonyl (C=O) groups is 1. The lowest BCUT2D eigenvalue weighted by atomic mass is 9.92. The van der Waals surface area contributed by atoms with Crippen molar-refractivity contribution in [1.82, 2.24) is 19.7 Å². The third-order valence-corrected chi connectivity index (χ3v) is 6.15. The number of morpholine rings is 1. The number of rotatable bonds is 3. The van der Waals surface area contributed by atoms with Crippen LogP contribution in [0.3, 0.4) is 0 Å². The SMILES string of the molecule is Cc1nnc2n1-c1ccccc1C(c1ccc(Cl)cc1)=CC2CC(=O)N1CCOCC1. The summed E-state index contributed by atoms with van der Waals surface area (Å²) in [6.45, 7) is 4.38. The number of para-hydroxylation sites is 1. The molecule has 2 aliphatic rings. The second-order valence-corrected chi connectivity index (χ2v) is 8.29. The molecule has 7 heteroatoms. The Morgan fingerprint density at radius 2 is 1.84 bits per heavy atom. The molecule has 0 N–H and O–H groups in total. The standard InChI is InChI=1S/C24H23ClN4O2/c1-16-26-27-24-18(15-23(30)28-10-12-31-13-11-28)14-21(17-6-8-19(25)9-7-17)20-4-2-3-5-22(20)29(16)24/h2-9,14,18H,10-13,15H2,1H3. The number of hydrogen-bond donors (Lipinski definition) is 0. The van der Waals surface area contributed by atoms with Gasteiger partial charge in [0, 0.05) is 36.0 Å². The predicted molar refractivity (Wildman–Crippen MR) is 119 cm³/mol. The fourth-order valence-electron chi connectivity index (χ4n) is 4.34. The topological polar surface area (TPSA) is 60.2 Å². The van der Waals surface area contributed by atoms with E-state index in [1.165, 1.54) is 0 Å². The maximum Gasteiger partial charge on any atom is 0.223 e. The van der Waals surface area contributed by atoms with Gasteiger partial charge in [-0.25, -0.2) is 0 Å². The fraction of sp³-hybridized carbons (Fsp3) is 0.292. The van der Waals surface area contributed by atoms with Gasteiger partial charge >= 0.3 is 0 Å². The van der Waals surface area contributed by atoms with Gasteiger partial charge in [-0.15, -0.1) is 10.2 Å². The quantitative estimate of drug-likeness (QED) is 0.625. The predicted octanol–water partition coefficient (Wildman–Crippen LogP) is 4.01. The normalized spacial score (nSPS) is 18.1. The summed E-state index contributed by atoms with van der Waals surface area (Å²) in [5.74, 6) is 1.50. The van der Waals surface area contributed by atoms with Crippen LogP contribution >= 0.6 is 11.6 Å². The highest BCUT2D eigenvalue weighted by atomic mass is 35.5. The van der Waals surface area contributed by atoms with Crippen LogP contribution in [0.2, 0.25) is 5.02 Å². The van der Waals surface area contributed by atoms with Crippen LogP contribution in [0.25, 0.3) is 11.3 Å². The smallest absolute Gasteiger partial charge is 0.223 e. The van der Waals surface area contributed by atoms with Crippen LogP contribution in [0.5, 0.6) is 0 Å². The zero-order valence-corrected chi connectivity index (χ0v) is 18.0. The van der Waals surface area contributed by atoms with E-state index in [2.05, 4.69) is 33.0 Å². The number of aryl methyl sites for hydroxylation is 1. The lowest BCUT2D eigenvalue weighted by molar-refractivity contribution is -0.135. The van der Waals surface area contributed by atoms with E-state index in [9.17, 15) is 4.79 Å². The van der Waals surface area contributed by atoms with Crippen LogP contribution in [0.1, 0.15) is 35.1 Å². The van der Waals surface area contributed by atoms with Crippen LogP contribution in [0, 0.1) is 6.92 Å². The van der Waals surface area contributed by atoms with Crippen molar-refractivity contribution in [2.75, 3.05) is 26.3 Å². The molecule has 1 unspecified atom stereocenters. The summed E-state index contributed by atoms with van der Waals surface area (Å²) < 4.78 is 7.48. The maximum atomic E-state index is 13.1. The van der Waals surface area contributed by atoms with Crippen molar-refractivity contribution in [2.24, 2.45) is 0 Å². The highest BCUT2D eigenvalue weighted by Gasteiger charge is 2.30. The lowest BCUT2D eigenvalue weighted by Crippen LogP contribution is -2.41. The van der Waals surface area contributed by atoms with Gasteiger partial charge in [-0.1, -0.05) is 48.0 Å². The minimum absolute atomic E-state index is 0.109. The summed E-state index contributed by atoms with van der Waals surface area (Å²) >= 11 is 6.14. The van der Waals surface area contributed by atoms with Gasteiger partial charge in [0.2, 0.25) is 5.91 Å². The van der Waals surface area contributed by atoms with Gasteiger partial charge in [-0.3, -0.25) is 9.36 Å². The summed E-state index contributed by atoms with van der Waals surface area (Å²) in [7, 11) is 0. The number of aromatic nitrogens is 3. The first-order valence-corrected chi connectivity index (χ1v) is 10.8. The molecule has 1 fully saturated rings. The van der Waals surface area contributed by atoms with E-state index < -0.39 is 0 Å². The van der Waals surface area contributed by atoms with Gasteiger partial charge < -0.3 is 9.64 Å². The average molecular weight is 435 g/mol. The molecule has 1 amide bonds. The molecule has 3 aromatic rings. The molecule has 6 nitrogen and oxygen atoms in total. The number of benzene rings is 2. The van der Waals surface area contributed by atoms with E-state index in [1.54, 1.807) is 0 Å². The molecule has 1 aromatic heterocycles. The molecule has 0 aliphatic carbocycles. The molecule has 2 aliphatic heterocycles. The Morgan fingerprint density at radius 3 is 2.61 bits per heavy atom. The van der Waals surface area contributed by atoms with Gasteiger partial charge in [0.25, 0.3) is 0 Å². The Labute approximate surface area is 186 Å². The molecule has 0 bridgehead atoms. The molecule has 158 valence electrons. The Balaban J connectivity index is 1.63. The minimum atomic E-state index is -0.199. The molecule has 0 saturated carbocycles. The first-order chi connectivity index (χ1) is 15.1. The summed E-state index contributed by atoms with van der Waals surface area (Å²) in [6.07, 6.45) is 2.50. The monoisotopic (exact) mass is 434 g/mol. The second kappa shape index (κ2) is 8.29. The van der Waals surface area contributed by atoms with Crippen molar-refractivity contribution >= 4 is 23.1 Å². The van der Waals surface area contributed by atoms with Crippen molar-refractivity contribution in [3.63, 3.8) is 0 Å². The number of carbonyl (C=O) groups excluding carboxylic acids is 1. The number of amides is 1. The zero-order valence-electron chi connectivity index (χ0n) is 17.3. The number of ether oxygens (including phenoxy) is 1. The molecule has 0 radical (unpaired) electrons. The van der Waals surface area contributed by atoms with Gasteiger partial charge in [-0.2, -0.15) is 0 Å². The van der Waals surface area contributed by atoms with Gasteiger partial charge in [0.15, 0.2) is 0 Å². The summed E-state index contributed by atoms with van der Waals surface area (Å²) in [6, 6.07) is 16.0. The van der Waals surface area contributed by atoms with Gasteiger partial charge in [-0.05, 0) is 36.3 Å². The molecule has 0 spiro atoms. The summed E-state index contributed by atoms with van der Waals surface area (Å²) in [5, 5.41) is 9.52. The first kappa shape index (κ1) is 20.0. The van der Waals surface area contributed by atoms with Crippen molar-refractivity contribution < 1.29 is 9.53 Å². The molecule has 1 saturated heterocycles. The number of allylic oxidation sites excluding steroid dienone is 1. The van der Waals surface area contributed by atoms with E-state index in [4.69, 9.17) is 16.3 Å². The van der Waals surface area contributed by atoms with Crippen LogP contribution in [0.15, 0.2) is 54.6 Å². The third kappa shape index (κ3) is 3.77. The average Bonchev–Trinajstić information content (AvgIpc) is 3.12. The van der Waals surface area contributed by atoms with E-state index in [-0.39, 0.29) is 11.8 Å². The van der Waals surface area contributed by atoms with Crippen molar-refractivity contribution in [3.05, 3.63) is 82.4 Å². The van der Waals surface area contributed by atoms with Crippen LogP contribution < -0.4 is 0 Å².